The second kappa shape index (κ2) is 7.42. The molecule has 0 amide bonds. The molecule has 19 heavy (non-hydrogen) atoms. The van der Waals surface area contributed by atoms with Crippen LogP contribution in [0.4, 0.5) is 5.82 Å². The van der Waals surface area contributed by atoms with E-state index in [-0.39, 0.29) is 10.9 Å². The number of sulfonamides is 1. The summed E-state index contributed by atoms with van der Waals surface area (Å²) in [5.74, 6) is 0.546. The Hall–Kier alpha value is -1.18. The number of ether oxygens (including phenoxy) is 1. The summed E-state index contributed by atoms with van der Waals surface area (Å²) in [7, 11) is -2.00. The minimum Gasteiger partial charge on any atom is -0.383 e. The molecule has 108 valence electrons. The van der Waals surface area contributed by atoms with Gasteiger partial charge in [0.15, 0.2) is 0 Å². The first kappa shape index (κ1) is 15.9. The van der Waals surface area contributed by atoms with Gasteiger partial charge in [-0.3, -0.25) is 0 Å². The average molecular weight is 287 g/mol. The van der Waals surface area contributed by atoms with Crippen LogP contribution in [0.25, 0.3) is 0 Å². The number of pyridine rings is 1. The molecular weight excluding hydrogens is 266 g/mol. The normalized spacial score (nSPS) is 13.2. The molecule has 1 rings (SSSR count). The number of aromatic nitrogens is 1. The highest BCUT2D eigenvalue weighted by Crippen LogP contribution is 2.13. The topological polar surface area (TPSA) is 80.3 Å². The maximum absolute atomic E-state index is 12.2. The van der Waals surface area contributed by atoms with Crippen molar-refractivity contribution in [1.29, 1.82) is 0 Å². The molecule has 1 unspecified atom stereocenters. The zero-order chi connectivity index (χ0) is 14.3. The first-order valence-electron chi connectivity index (χ1n) is 6.24. The first-order valence-corrected chi connectivity index (χ1v) is 7.73. The molecule has 0 aliphatic carbocycles. The van der Waals surface area contributed by atoms with Crippen molar-refractivity contribution in [1.82, 2.24) is 9.71 Å². The van der Waals surface area contributed by atoms with Crippen molar-refractivity contribution < 1.29 is 13.2 Å². The molecule has 7 heteroatoms. The fourth-order valence-electron chi connectivity index (χ4n) is 1.58. The Bertz CT molecular complexity index is 491. The molecule has 0 aliphatic heterocycles. The molecule has 1 aromatic rings. The highest BCUT2D eigenvalue weighted by atomic mass is 32.2. The molecule has 0 radical (unpaired) electrons. The van der Waals surface area contributed by atoms with Gasteiger partial charge in [0.05, 0.1) is 11.5 Å². The van der Waals surface area contributed by atoms with E-state index >= 15 is 0 Å². The quantitative estimate of drug-likeness (QED) is 0.751. The Morgan fingerprint density at radius 1 is 1.42 bits per heavy atom. The van der Waals surface area contributed by atoms with Gasteiger partial charge in [-0.1, -0.05) is 6.92 Å². The SMILES string of the molecule is CCNc1cc(S(=O)(=O)NC(CC)COC)ccn1. The zero-order valence-electron chi connectivity index (χ0n) is 11.5. The van der Waals surface area contributed by atoms with Gasteiger partial charge in [-0.05, 0) is 19.4 Å². The molecule has 0 aromatic carbocycles. The summed E-state index contributed by atoms with van der Waals surface area (Å²) >= 11 is 0. The number of hydrogen-bond acceptors (Lipinski definition) is 5. The number of nitrogens with one attached hydrogen (secondary N) is 2. The average Bonchev–Trinajstić information content (AvgIpc) is 2.39. The number of nitrogens with zero attached hydrogens (tertiary/aromatic N) is 1. The van der Waals surface area contributed by atoms with E-state index in [2.05, 4.69) is 15.0 Å². The van der Waals surface area contributed by atoms with Crippen LogP contribution < -0.4 is 10.0 Å². The predicted molar refractivity (Wildman–Crippen MR) is 74.7 cm³/mol. The molecule has 0 saturated carbocycles. The van der Waals surface area contributed by atoms with Crippen molar-refractivity contribution in [3.63, 3.8) is 0 Å². The molecule has 0 saturated heterocycles. The molecule has 1 atom stereocenters. The van der Waals surface area contributed by atoms with Gasteiger partial charge in [0.2, 0.25) is 10.0 Å². The van der Waals surface area contributed by atoms with Crippen LogP contribution in [0.5, 0.6) is 0 Å². The van der Waals surface area contributed by atoms with Gasteiger partial charge in [0, 0.05) is 32.0 Å². The third kappa shape index (κ3) is 4.77. The zero-order valence-corrected chi connectivity index (χ0v) is 12.3. The minimum atomic E-state index is -3.54. The minimum absolute atomic E-state index is 0.202. The standard InChI is InChI=1S/C12H21N3O3S/c1-4-10(9-18-3)15-19(16,17)11-6-7-14-12(8-11)13-5-2/h6-8,10,15H,4-5,9H2,1-3H3,(H,13,14). The molecule has 0 spiro atoms. The summed E-state index contributed by atoms with van der Waals surface area (Å²) in [6.45, 7) is 4.86. The van der Waals surface area contributed by atoms with E-state index in [9.17, 15) is 8.42 Å². The lowest BCUT2D eigenvalue weighted by molar-refractivity contribution is 0.173. The predicted octanol–water partition coefficient (Wildman–Crippen LogP) is 1.22. The summed E-state index contributed by atoms with van der Waals surface area (Å²) in [5, 5.41) is 2.98. The second-order valence-corrected chi connectivity index (χ2v) is 5.80. The van der Waals surface area contributed by atoms with E-state index in [4.69, 9.17) is 4.74 Å². The second-order valence-electron chi connectivity index (χ2n) is 4.09. The van der Waals surface area contributed by atoms with Crippen LogP contribution in [0, 0.1) is 0 Å². The molecule has 1 heterocycles. The van der Waals surface area contributed by atoms with Crippen molar-refractivity contribution in [2.45, 2.75) is 31.2 Å². The smallest absolute Gasteiger partial charge is 0.241 e. The Morgan fingerprint density at radius 2 is 2.16 bits per heavy atom. The number of hydrogen-bond donors (Lipinski definition) is 2. The third-order valence-corrected chi connectivity index (χ3v) is 4.10. The van der Waals surface area contributed by atoms with Crippen LogP contribution in [0.1, 0.15) is 20.3 Å². The van der Waals surface area contributed by atoms with Crippen LogP contribution >= 0.6 is 0 Å². The van der Waals surface area contributed by atoms with Crippen LogP contribution in [-0.4, -0.2) is 39.7 Å². The molecular formula is C12H21N3O3S. The maximum Gasteiger partial charge on any atom is 0.241 e. The van der Waals surface area contributed by atoms with Crippen molar-refractivity contribution in [2.75, 3.05) is 25.6 Å². The van der Waals surface area contributed by atoms with Crippen LogP contribution in [0.3, 0.4) is 0 Å². The van der Waals surface area contributed by atoms with E-state index in [0.717, 1.165) is 0 Å². The Labute approximate surface area is 114 Å². The van der Waals surface area contributed by atoms with Gasteiger partial charge >= 0.3 is 0 Å². The Morgan fingerprint density at radius 3 is 2.74 bits per heavy atom. The molecule has 6 nitrogen and oxygen atoms in total. The highest BCUT2D eigenvalue weighted by molar-refractivity contribution is 7.89. The maximum atomic E-state index is 12.2. The lowest BCUT2D eigenvalue weighted by Crippen LogP contribution is -2.37. The Kier molecular flexibility index (Phi) is 6.20. The summed E-state index contributed by atoms with van der Waals surface area (Å²) in [6.07, 6.45) is 2.14. The summed E-state index contributed by atoms with van der Waals surface area (Å²) in [5.41, 5.74) is 0. The third-order valence-electron chi connectivity index (χ3n) is 2.58. The van der Waals surface area contributed by atoms with Crippen LogP contribution in [0.15, 0.2) is 23.2 Å². The van der Waals surface area contributed by atoms with Gasteiger partial charge < -0.3 is 10.1 Å². The number of rotatable bonds is 8. The molecule has 2 N–H and O–H groups in total. The van der Waals surface area contributed by atoms with Gasteiger partial charge in [-0.15, -0.1) is 0 Å². The number of methoxy groups -OCH3 is 1. The first-order chi connectivity index (χ1) is 9.03. The van der Waals surface area contributed by atoms with Crippen LogP contribution in [0.2, 0.25) is 0 Å². The summed E-state index contributed by atoms with van der Waals surface area (Å²) in [6, 6.07) is 2.76. The van der Waals surface area contributed by atoms with Crippen LogP contribution in [-0.2, 0) is 14.8 Å². The van der Waals surface area contributed by atoms with Crippen molar-refractivity contribution in [3.05, 3.63) is 18.3 Å². The van der Waals surface area contributed by atoms with Crippen molar-refractivity contribution >= 4 is 15.8 Å². The lowest BCUT2D eigenvalue weighted by Gasteiger charge is -2.16. The van der Waals surface area contributed by atoms with Gasteiger partial charge in [0.1, 0.15) is 5.82 Å². The molecule has 0 bridgehead atoms. The molecule has 1 aromatic heterocycles. The highest BCUT2D eigenvalue weighted by Gasteiger charge is 2.19. The van der Waals surface area contributed by atoms with Crippen molar-refractivity contribution in [2.24, 2.45) is 0 Å². The Balaban J connectivity index is 2.89. The monoisotopic (exact) mass is 287 g/mol. The van der Waals surface area contributed by atoms with E-state index in [0.29, 0.717) is 25.4 Å². The lowest BCUT2D eigenvalue weighted by atomic mass is 10.3. The molecule has 0 aliphatic rings. The fraction of sp³-hybridized carbons (Fsp3) is 0.583. The molecule has 0 fully saturated rings. The van der Waals surface area contributed by atoms with Crippen molar-refractivity contribution in [3.8, 4) is 0 Å². The summed E-state index contributed by atoms with van der Waals surface area (Å²) in [4.78, 5) is 4.25. The van der Waals surface area contributed by atoms with E-state index < -0.39 is 10.0 Å². The largest absolute Gasteiger partial charge is 0.383 e. The number of anilines is 1. The fourth-order valence-corrected chi connectivity index (χ4v) is 2.90. The van der Waals surface area contributed by atoms with Gasteiger partial charge in [-0.25, -0.2) is 18.1 Å². The van der Waals surface area contributed by atoms with Gasteiger partial charge in [-0.2, -0.15) is 0 Å². The van der Waals surface area contributed by atoms with Gasteiger partial charge in [0.25, 0.3) is 0 Å². The summed E-state index contributed by atoms with van der Waals surface area (Å²) < 4.78 is 32.0. The van der Waals surface area contributed by atoms with E-state index in [1.165, 1.54) is 18.3 Å². The van der Waals surface area contributed by atoms with E-state index in [1.807, 2.05) is 13.8 Å². The van der Waals surface area contributed by atoms with E-state index in [1.54, 1.807) is 7.11 Å².